The Morgan fingerprint density at radius 2 is 2.12 bits per heavy atom. The topological polar surface area (TPSA) is 78.0 Å². The maximum Gasteiger partial charge on any atom is 0.410 e. The fraction of sp³-hybridized carbons (Fsp3) is 0.611. The van der Waals surface area contributed by atoms with Gasteiger partial charge in [0.1, 0.15) is 16.4 Å². The van der Waals surface area contributed by atoms with Crippen molar-refractivity contribution in [1.82, 2.24) is 9.88 Å². The van der Waals surface area contributed by atoms with Crippen molar-refractivity contribution in [2.45, 2.75) is 64.6 Å². The van der Waals surface area contributed by atoms with E-state index in [4.69, 9.17) is 25.8 Å². The van der Waals surface area contributed by atoms with Gasteiger partial charge in [-0.1, -0.05) is 11.6 Å². The third-order valence-electron chi connectivity index (χ3n) is 4.48. The summed E-state index contributed by atoms with van der Waals surface area (Å²) < 4.78 is 16.9. The van der Waals surface area contributed by atoms with E-state index in [-0.39, 0.29) is 17.7 Å². The summed E-state index contributed by atoms with van der Waals surface area (Å²) in [4.78, 5) is 29.8. The van der Waals surface area contributed by atoms with Gasteiger partial charge in [0.15, 0.2) is 0 Å². The van der Waals surface area contributed by atoms with Gasteiger partial charge in [-0.25, -0.2) is 9.78 Å². The summed E-state index contributed by atoms with van der Waals surface area (Å²) in [5.41, 5.74) is -0.0587. The molecule has 1 aromatic rings. The molecule has 0 N–H and O–H groups in total. The van der Waals surface area contributed by atoms with Crippen LogP contribution >= 0.6 is 11.6 Å². The minimum atomic E-state index is -0.936. The van der Waals surface area contributed by atoms with Crippen LogP contribution in [-0.2, 0) is 24.6 Å². The molecule has 1 aromatic heterocycles. The number of hydrogen-bond acceptors (Lipinski definition) is 6. The number of nitrogens with zero attached hydrogens (tertiary/aromatic N) is 2. The van der Waals surface area contributed by atoms with Crippen LogP contribution in [0.3, 0.4) is 0 Å². The molecule has 1 amide bonds. The van der Waals surface area contributed by atoms with Crippen molar-refractivity contribution in [3.63, 3.8) is 0 Å². The molecule has 2 aliphatic heterocycles. The molecule has 2 aliphatic rings. The molecule has 7 nitrogen and oxygen atoms in total. The first kappa shape index (κ1) is 18.9. The Balaban J connectivity index is 1.93. The highest BCUT2D eigenvalue weighted by atomic mass is 35.5. The van der Waals surface area contributed by atoms with Gasteiger partial charge in [0.2, 0.25) is 6.29 Å². The molecule has 0 radical (unpaired) electrons. The van der Waals surface area contributed by atoms with Gasteiger partial charge in [-0.05, 0) is 39.3 Å². The van der Waals surface area contributed by atoms with E-state index < -0.39 is 29.6 Å². The molecular formula is C18H23ClN2O5. The van der Waals surface area contributed by atoms with Crippen molar-refractivity contribution >= 4 is 23.7 Å². The number of hydrogen-bond donors (Lipinski definition) is 0. The number of ether oxygens (including phenoxy) is 3. The van der Waals surface area contributed by atoms with Gasteiger partial charge < -0.3 is 19.1 Å². The fourth-order valence-electron chi connectivity index (χ4n) is 3.56. The zero-order valence-electron chi connectivity index (χ0n) is 15.5. The monoisotopic (exact) mass is 382 g/mol. The number of amides is 1. The number of pyridine rings is 1. The van der Waals surface area contributed by atoms with E-state index in [2.05, 4.69) is 4.98 Å². The highest BCUT2D eigenvalue weighted by molar-refractivity contribution is 6.30. The first-order chi connectivity index (χ1) is 12.0. The summed E-state index contributed by atoms with van der Waals surface area (Å²) >= 11 is 6.24. The summed E-state index contributed by atoms with van der Waals surface area (Å²) in [5, 5.41) is 0.231. The van der Waals surface area contributed by atoms with Crippen molar-refractivity contribution < 1.29 is 23.8 Å². The molecule has 1 saturated heterocycles. The van der Waals surface area contributed by atoms with Gasteiger partial charge >= 0.3 is 12.1 Å². The summed E-state index contributed by atoms with van der Waals surface area (Å²) in [5.74, 6) is -0.479. The largest absolute Gasteiger partial charge is 0.444 e. The van der Waals surface area contributed by atoms with E-state index in [0.29, 0.717) is 12.0 Å². The molecule has 3 rings (SSSR count). The third-order valence-corrected chi connectivity index (χ3v) is 4.79. The Bertz CT molecular complexity index is 748. The van der Waals surface area contributed by atoms with E-state index in [1.54, 1.807) is 17.2 Å². The molecule has 3 heterocycles. The van der Waals surface area contributed by atoms with Gasteiger partial charge in [0, 0.05) is 25.6 Å². The molecule has 0 bridgehead atoms. The molecule has 0 aliphatic carbocycles. The second-order valence-electron chi connectivity index (χ2n) is 7.78. The zero-order valence-corrected chi connectivity index (χ0v) is 16.3. The Morgan fingerprint density at radius 3 is 2.73 bits per heavy atom. The van der Waals surface area contributed by atoms with Crippen LogP contribution in [-0.4, -0.2) is 40.1 Å². The summed E-state index contributed by atoms with van der Waals surface area (Å²) in [6.45, 7) is 9.00. The van der Waals surface area contributed by atoms with E-state index in [9.17, 15) is 9.59 Å². The number of carbonyl (C=O) groups is 2. The predicted molar refractivity (Wildman–Crippen MR) is 93.5 cm³/mol. The lowest BCUT2D eigenvalue weighted by Gasteiger charge is -2.28. The smallest absolute Gasteiger partial charge is 0.410 e. The van der Waals surface area contributed by atoms with Crippen LogP contribution in [0.25, 0.3) is 0 Å². The quantitative estimate of drug-likeness (QED) is 0.546. The number of rotatable bonds is 1. The first-order valence-electron chi connectivity index (χ1n) is 8.52. The lowest BCUT2D eigenvalue weighted by atomic mass is 9.91. The number of fused-ring (bicyclic) bond motifs is 2. The van der Waals surface area contributed by atoms with Gasteiger partial charge in [-0.3, -0.25) is 4.79 Å². The molecule has 8 heteroatoms. The van der Waals surface area contributed by atoms with E-state index >= 15 is 0 Å². The lowest BCUT2D eigenvalue weighted by Crippen LogP contribution is -2.40. The second kappa shape index (κ2) is 6.39. The van der Waals surface area contributed by atoms with Crippen molar-refractivity contribution in [2.24, 2.45) is 0 Å². The molecule has 2 unspecified atom stereocenters. The normalized spacial score (nSPS) is 27.5. The van der Waals surface area contributed by atoms with Crippen LogP contribution in [0.2, 0.25) is 5.15 Å². The first-order valence-corrected chi connectivity index (χ1v) is 8.90. The Labute approximate surface area is 157 Å². The van der Waals surface area contributed by atoms with Crippen LogP contribution in [0.4, 0.5) is 4.79 Å². The number of aromatic nitrogens is 1. The fourth-order valence-corrected chi connectivity index (χ4v) is 3.81. The standard InChI is InChI=1S/C18H23ClN2O5/c1-10-8-18(9-21(10)16(23)26-17(3,4)5)12-6-7-20-14(19)13(12)15(25-18)24-11(2)22/h6-7,10,15H,8-9H2,1-5H3/t10-,15?,18?/m0/s1. The van der Waals surface area contributed by atoms with Crippen molar-refractivity contribution in [3.05, 3.63) is 28.5 Å². The van der Waals surface area contributed by atoms with Crippen LogP contribution in [0.15, 0.2) is 12.3 Å². The van der Waals surface area contributed by atoms with Crippen LogP contribution < -0.4 is 0 Å². The number of likely N-dealkylation sites (tertiary alicyclic amines) is 1. The highest BCUT2D eigenvalue weighted by Gasteiger charge is 2.55. The average Bonchev–Trinajstić information content (AvgIpc) is 2.96. The predicted octanol–water partition coefficient (Wildman–Crippen LogP) is 3.55. The molecule has 142 valence electrons. The summed E-state index contributed by atoms with van der Waals surface area (Å²) in [6.07, 6.45) is 0.790. The Morgan fingerprint density at radius 1 is 1.42 bits per heavy atom. The zero-order chi connectivity index (χ0) is 19.3. The molecule has 0 saturated carbocycles. The lowest BCUT2D eigenvalue weighted by molar-refractivity contribution is -0.202. The van der Waals surface area contributed by atoms with Crippen molar-refractivity contribution in [3.8, 4) is 0 Å². The van der Waals surface area contributed by atoms with E-state index in [1.165, 1.54) is 6.92 Å². The highest BCUT2D eigenvalue weighted by Crippen LogP contribution is 2.52. The number of carbonyl (C=O) groups excluding carboxylic acids is 2. The average molecular weight is 383 g/mol. The Kier molecular flexibility index (Phi) is 4.65. The summed E-state index contributed by atoms with van der Waals surface area (Å²) in [7, 11) is 0. The van der Waals surface area contributed by atoms with Crippen LogP contribution in [0.5, 0.6) is 0 Å². The molecular weight excluding hydrogens is 360 g/mol. The summed E-state index contributed by atoms with van der Waals surface area (Å²) in [6, 6.07) is 1.69. The molecule has 0 aromatic carbocycles. The minimum absolute atomic E-state index is 0.110. The van der Waals surface area contributed by atoms with Crippen molar-refractivity contribution in [1.29, 1.82) is 0 Å². The molecule has 3 atom stereocenters. The van der Waals surface area contributed by atoms with Gasteiger partial charge in [-0.15, -0.1) is 0 Å². The van der Waals surface area contributed by atoms with Crippen LogP contribution in [0, 0.1) is 0 Å². The minimum Gasteiger partial charge on any atom is -0.444 e. The SMILES string of the molecule is CC(=O)OC1OC2(C[C@H](C)N(C(=O)OC(C)(C)C)C2)c2ccnc(Cl)c21. The maximum absolute atomic E-state index is 12.6. The molecule has 26 heavy (non-hydrogen) atoms. The molecule has 1 fully saturated rings. The number of esters is 1. The van der Waals surface area contributed by atoms with Crippen molar-refractivity contribution in [2.75, 3.05) is 6.54 Å². The van der Waals surface area contributed by atoms with Gasteiger partial charge in [0.25, 0.3) is 0 Å². The van der Waals surface area contributed by atoms with Gasteiger partial charge in [-0.2, -0.15) is 0 Å². The maximum atomic E-state index is 12.6. The second-order valence-corrected chi connectivity index (χ2v) is 8.14. The third kappa shape index (κ3) is 3.38. The molecule has 1 spiro atoms. The number of halogens is 1. The van der Waals surface area contributed by atoms with E-state index in [1.807, 2.05) is 27.7 Å². The van der Waals surface area contributed by atoms with Gasteiger partial charge in [0.05, 0.1) is 12.1 Å². The van der Waals surface area contributed by atoms with E-state index in [0.717, 1.165) is 5.56 Å². The van der Waals surface area contributed by atoms with Crippen LogP contribution in [0.1, 0.15) is 58.5 Å². The Hall–Kier alpha value is -1.86.